The molecule has 0 saturated carbocycles. The lowest BCUT2D eigenvalue weighted by atomic mass is 9.66. The van der Waals surface area contributed by atoms with Crippen molar-refractivity contribution in [1.29, 1.82) is 0 Å². The van der Waals surface area contributed by atoms with Crippen LogP contribution in [0.1, 0.15) is 57.6 Å². The van der Waals surface area contributed by atoms with E-state index in [1.54, 1.807) is 33.7 Å². The molecule has 3 aliphatic heterocycles. The average Bonchev–Trinajstić information content (AvgIpc) is 3.53. The van der Waals surface area contributed by atoms with Crippen LogP contribution < -0.4 is 0 Å². The number of unbranched alkanes of at least 4 members (excludes halogenated alkanes) is 2. The highest BCUT2D eigenvalue weighted by molar-refractivity contribution is 8.02. The van der Waals surface area contributed by atoms with E-state index < -0.39 is 28.7 Å². The van der Waals surface area contributed by atoms with Gasteiger partial charge in [0.2, 0.25) is 11.8 Å². The molecule has 1 N–H and O–H groups in total. The van der Waals surface area contributed by atoms with Gasteiger partial charge < -0.3 is 19.6 Å². The van der Waals surface area contributed by atoms with Crippen LogP contribution in [0.4, 0.5) is 0 Å². The van der Waals surface area contributed by atoms with Gasteiger partial charge in [-0.15, -0.1) is 24.9 Å². The maximum atomic E-state index is 14.5. The number of fused-ring (bicyclic) bond motifs is 1. The number of hydrogen-bond donors (Lipinski definition) is 1. The first-order valence-electron chi connectivity index (χ1n) is 14.2. The van der Waals surface area contributed by atoms with E-state index in [1.807, 2.05) is 30.3 Å². The summed E-state index contributed by atoms with van der Waals surface area (Å²) in [5, 5.41) is 10.6. The molecule has 2 bridgehead atoms. The van der Waals surface area contributed by atoms with Gasteiger partial charge in [0.25, 0.3) is 0 Å². The van der Waals surface area contributed by atoms with E-state index in [0.717, 1.165) is 31.2 Å². The van der Waals surface area contributed by atoms with E-state index >= 15 is 0 Å². The molecule has 3 unspecified atom stereocenters. The zero-order valence-electron chi connectivity index (χ0n) is 23.2. The van der Waals surface area contributed by atoms with Crippen molar-refractivity contribution in [3.8, 4) is 0 Å². The minimum Gasteiger partial charge on any atom is -0.465 e. The lowest BCUT2D eigenvalue weighted by Gasteiger charge is -2.42. The first-order valence-corrected chi connectivity index (χ1v) is 15.1. The molecule has 39 heavy (non-hydrogen) atoms. The van der Waals surface area contributed by atoms with Gasteiger partial charge in [0, 0.05) is 18.3 Å². The molecule has 1 spiro atoms. The Morgan fingerprint density at radius 1 is 1.26 bits per heavy atom. The number of likely N-dealkylation sites (tertiary alicyclic amines) is 1. The van der Waals surface area contributed by atoms with Crippen molar-refractivity contribution >= 4 is 29.5 Å². The molecule has 0 aliphatic carbocycles. The third-order valence-corrected chi connectivity index (χ3v) is 10.7. The van der Waals surface area contributed by atoms with Crippen molar-refractivity contribution in [1.82, 2.24) is 9.80 Å². The smallest absolute Gasteiger partial charge is 0.310 e. The van der Waals surface area contributed by atoms with Gasteiger partial charge in [-0.2, -0.15) is 0 Å². The maximum absolute atomic E-state index is 14.5. The van der Waals surface area contributed by atoms with E-state index in [-0.39, 0.29) is 42.2 Å². The summed E-state index contributed by atoms with van der Waals surface area (Å²) in [6.07, 6.45) is 7.44. The Morgan fingerprint density at radius 2 is 2.00 bits per heavy atom. The number of esters is 1. The van der Waals surface area contributed by atoms with Crippen molar-refractivity contribution in [2.24, 2.45) is 17.8 Å². The topological polar surface area (TPSA) is 87.2 Å². The number of hydrogen-bond acceptors (Lipinski definition) is 6. The van der Waals surface area contributed by atoms with Crippen LogP contribution in [0, 0.1) is 17.8 Å². The fourth-order valence-electron chi connectivity index (χ4n) is 6.84. The normalized spacial score (nSPS) is 29.7. The van der Waals surface area contributed by atoms with Crippen LogP contribution in [0.2, 0.25) is 0 Å². The van der Waals surface area contributed by atoms with Crippen molar-refractivity contribution in [2.45, 2.75) is 68.0 Å². The van der Waals surface area contributed by atoms with Crippen molar-refractivity contribution in [3.63, 3.8) is 0 Å². The Labute approximate surface area is 236 Å². The molecule has 8 heteroatoms. The molecule has 0 aromatic heterocycles. The Balaban J connectivity index is 1.78. The molecule has 1 aromatic rings. The molecule has 212 valence electrons. The Bertz CT molecular complexity index is 1060. The fraction of sp³-hybridized carbons (Fsp3) is 0.581. The van der Waals surface area contributed by atoms with Crippen LogP contribution in [0.5, 0.6) is 0 Å². The zero-order valence-corrected chi connectivity index (χ0v) is 24.0. The Kier molecular flexibility index (Phi) is 9.60. The number of amides is 2. The number of allylic oxidation sites excluding steroid dienone is 1. The summed E-state index contributed by atoms with van der Waals surface area (Å²) < 4.78 is 4.92. The number of ether oxygens (including phenoxy) is 1. The number of aliphatic hydroxyl groups excluding tert-OH is 1. The number of benzene rings is 1. The van der Waals surface area contributed by atoms with Crippen molar-refractivity contribution in [3.05, 3.63) is 61.2 Å². The van der Waals surface area contributed by atoms with Crippen LogP contribution in [0.25, 0.3) is 0 Å². The minimum atomic E-state index is -0.798. The molecule has 3 heterocycles. The second-order valence-electron chi connectivity index (χ2n) is 10.9. The summed E-state index contributed by atoms with van der Waals surface area (Å²) in [5.41, 5.74) is 0.766. The highest BCUT2D eigenvalue weighted by Gasteiger charge is 2.77. The number of carbonyl (C=O) groups excluding carboxylic acids is 3. The van der Waals surface area contributed by atoms with Gasteiger partial charge in [0.1, 0.15) is 6.04 Å². The molecular weight excluding hydrogens is 512 g/mol. The van der Waals surface area contributed by atoms with Gasteiger partial charge in [-0.1, -0.05) is 62.8 Å². The molecule has 1 aromatic carbocycles. The summed E-state index contributed by atoms with van der Waals surface area (Å²) in [5.74, 6) is -1.97. The van der Waals surface area contributed by atoms with Gasteiger partial charge in [-0.3, -0.25) is 14.4 Å². The van der Waals surface area contributed by atoms with Gasteiger partial charge >= 0.3 is 5.97 Å². The first-order chi connectivity index (χ1) is 18.9. The summed E-state index contributed by atoms with van der Waals surface area (Å²) in [7, 11) is 0. The maximum Gasteiger partial charge on any atom is 0.310 e. The van der Waals surface area contributed by atoms with Crippen LogP contribution in [0.3, 0.4) is 0 Å². The predicted molar refractivity (Wildman–Crippen MR) is 154 cm³/mol. The quantitative estimate of drug-likeness (QED) is 0.209. The molecule has 3 aliphatic rings. The van der Waals surface area contributed by atoms with Crippen LogP contribution in [0.15, 0.2) is 55.6 Å². The molecule has 7 nitrogen and oxygen atoms in total. The van der Waals surface area contributed by atoms with Crippen molar-refractivity contribution < 1.29 is 24.2 Å². The molecule has 3 saturated heterocycles. The third-order valence-electron chi connectivity index (χ3n) is 8.62. The highest BCUT2D eigenvalue weighted by Crippen LogP contribution is 2.69. The lowest BCUT2D eigenvalue weighted by Crippen LogP contribution is -2.58. The third kappa shape index (κ3) is 5.18. The second kappa shape index (κ2) is 12.7. The lowest BCUT2D eigenvalue weighted by molar-refractivity contribution is -0.155. The molecule has 3 fully saturated rings. The largest absolute Gasteiger partial charge is 0.465 e. The standard InChI is InChI=1S/C31H42N2O5S/c1-5-8-13-18-38-30(37)25-24-19-21(4)31(39-24)26(25)28(35)33(23(20-34)22-14-11-10-12-15-22)27(31)29(36)32(16-7-3)17-9-6-2/h5,7,10-12,14-15,21,23-27,34H,1,3,6,8-9,13,16-20H2,2,4H3/t21?,23-,24+,25-,26+,27?,31?/m1/s1. The van der Waals surface area contributed by atoms with Gasteiger partial charge in [-0.25, -0.2) is 0 Å². The van der Waals surface area contributed by atoms with E-state index in [0.29, 0.717) is 19.5 Å². The fourth-order valence-corrected chi connectivity index (χ4v) is 9.23. The number of aliphatic hydroxyl groups is 1. The van der Waals surface area contributed by atoms with Crippen molar-refractivity contribution in [2.75, 3.05) is 26.3 Å². The zero-order chi connectivity index (χ0) is 28.2. The monoisotopic (exact) mass is 554 g/mol. The van der Waals surface area contributed by atoms with Gasteiger partial charge in [0.05, 0.1) is 35.8 Å². The number of carbonyl (C=O) groups is 3. The first kappa shape index (κ1) is 29.4. The molecular formula is C31H42N2O5S. The number of rotatable bonds is 14. The Morgan fingerprint density at radius 3 is 2.64 bits per heavy atom. The minimum absolute atomic E-state index is 0.0390. The second-order valence-corrected chi connectivity index (χ2v) is 12.5. The summed E-state index contributed by atoms with van der Waals surface area (Å²) in [6.45, 7) is 12.7. The molecule has 0 radical (unpaired) electrons. The van der Waals surface area contributed by atoms with Gasteiger partial charge in [-0.05, 0) is 37.2 Å². The molecule has 4 rings (SSSR count). The summed E-state index contributed by atoms with van der Waals surface area (Å²) in [4.78, 5) is 45.9. The highest BCUT2D eigenvalue weighted by atomic mass is 32.2. The molecule has 2 amide bonds. The van der Waals surface area contributed by atoms with Gasteiger partial charge in [0.15, 0.2) is 0 Å². The SMILES string of the molecule is C=CCCCOC(=O)[C@@H]1[C@@H]2CC(C)C3(S2)C(C(=O)N(CC=C)CCCC)N([C@H](CO)c2ccccc2)C(=O)[C@H]13. The average molecular weight is 555 g/mol. The van der Waals surface area contributed by atoms with E-state index in [4.69, 9.17) is 4.74 Å². The number of thioether (sulfide) groups is 1. The van der Waals surface area contributed by atoms with E-state index in [2.05, 4.69) is 27.0 Å². The van der Waals surface area contributed by atoms with Crippen LogP contribution in [-0.2, 0) is 19.1 Å². The number of nitrogens with zero attached hydrogens (tertiary/aromatic N) is 2. The van der Waals surface area contributed by atoms with Crippen LogP contribution in [-0.4, -0.2) is 75.0 Å². The molecule has 7 atom stereocenters. The van der Waals surface area contributed by atoms with Crippen LogP contribution >= 0.6 is 11.8 Å². The van der Waals surface area contributed by atoms with E-state index in [9.17, 15) is 19.5 Å². The summed E-state index contributed by atoms with van der Waals surface area (Å²) >= 11 is 1.63. The predicted octanol–water partition coefficient (Wildman–Crippen LogP) is 4.38. The van der Waals surface area contributed by atoms with E-state index in [1.165, 1.54) is 0 Å². The summed E-state index contributed by atoms with van der Waals surface area (Å²) in [6, 6.07) is 7.87. The Hall–Kier alpha value is -2.58.